The first kappa shape index (κ1) is 70.3. The summed E-state index contributed by atoms with van der Waals surface area (Å²) in [7, 11) is 0. The van der Waals surface area contributed by atoms with Gasteiger partial charge in [-0.15, -0.1) is 0 Å². The zero-order valence-corrected chi connectivity index (χ0v) is 47.7. The van der Waals surface area contributed by atoms with E-state index in [9.17, 15) is 45.6 Å². The SMILES string of the molecule is CC/C=C\C/C=C\C/C=C\C/C=C\CCCCCCCCCCCCC(=O)NC(COC1OC(CO)C(OC2OC(CO)C(O)C(O)C2O)C(O)C1O)C(O)/C=C/CC/C=C/CC/C=C/CCCCCCCCCCCC. The molecular formula is C63H109NO13. The molecule has 0 spiro atoms. The van der Waals surface area contributed by atoms with E-state index in [-0.39, 0.29) is 18.9 Å². The largest absolute Gasteiger partial charge is 0.394 e. The van der Waals surface area contributed by atoms with Gasteiger partial charge >= 0.3 is 0 Å². The number of aliphatic hydroxyl groups is 8. The average molecular weight is 1090 g/mol. The van der Waals surface area contributed by atoms with Gasteiger partial charge in [0.15, 0.2) is 12.6 Å². The molecule has 9 N–H and O–H groups in total. The third-order valence-electron chi connectivity index (χ3n) is 14.3. The van der Waals surface area contributed by atoms with Crippen molar-refractivity contribution in [1.82, 2.24) is 5.32 Å². The highest BCUT2D eigenvalue weighted by Gasteiger charge is 2.51. The van der Waals surface area contributed by atoms with Crippen molar-refractivity contribution in [3.8, 4) is 0 Å². The van der Waals surface area contributed by atoms with Gasteiger partial charge in [0, 0.05) is 6.42 Å². The normalized spacial score (nSPS) is 25.3. The molecule has 2 fully saturated rings. The number of hydrogen-bond donors (Lipinski definition) is 9. The molecule has 14 nitrogen and oxygen atoms in total. The number of amides is 1. The number of allylic oxidation sites excluding steroid dienone is 13. The van der Waals surface area contributed by atoms with Gasteiger partial charge in [0.2, 0.25) is 5.91 Å². The molecule has 77 heavy (non-hydrogen) atoms. The summed E-state index contributed by atoms with van der Waals surface area (Å²) in [6.07, 6.45) is 47.6. The molecule has 0 aromatic rings. The molecule has 14 heteroatoms. The van der Waals surface area contributed by atoms with E-state index in [0.717, 1.165) is 77.0 Å². The zero-order valence-electron chi connectivity index (χ0n) is 47.7. The summed E-state index contributed by atoms with van der Waals surface area (Å²) in [6.45, 7) is 2.65. The summed E-state index contributed by atoms with van der Waals surface area (Å²) in [6, 6.07) is -0.945. The highest BCUT2D eigenvalue weighted by atomic mass is 16.7. The highest BCUT2D eigenvalue weighted by Crippen LogP contribution is 2.30. The number of aliphatic hydroxyl groups excluding tert-OH is 8. The van der Waals surface area contributed by atoms with E-state index in [1.54, 1.807) is 6.08 Å². The Balaban J connectivity index is 1.79. The number of hydrogen-bond acceptors (Lipinski definition) is 13. The Labute approximate surface area is 465 Å². The number of ether oxygens (including phenoxy) is 4. The van der Waals surface area contributed by atoms with Crippen molar-refractivity contribution in [2.24, 2.45) is 0 Å². The summed E-state index contributed by atoms with van der Waals surface area (Å²) in [4.78, 5) is 13.3. The third kappa shape index (κ3) is 33.5. The van der Waals surface area contributed by atoms with Crippen LogP contribution in [-0.2, 0) is 23.7 Å². The van der Waals surface area contributed by atoms with Crippen molar-refractivity contribution in [2.75, 3.05) is 19.8 Å². The molecule has 0 aromatic carbocycles. The quantitative estimate of drug-likeness (QED) is 0.0204. The Morgan fingerprint density at radius 1 is 0.481 bits per heavy atom. The zero-order chi connectivity index (χ0) is 56.0. The van der Waals surface area contributed by atoms with Gasteiger partial charge in [0.05, 0.1) is 32.0 Å². The smallest absolute Gasteiger partial charge is 0.220 e. The summed E-state index contributed by atoms with van der Waals surface area (Å²) in [5.74, 6) is -0.261. The minimum absolute atomic E-state index is 0.260. The first-order valence-electron chi connectivity index (χ1n) is 30.3. The maximum absolute atomic E-state index is 13.3. The van der Waals surface area contributed by atoms with E-state index >= 15 is 0 Å². The maximum atomic E-state index is 13.3. The van der Waals surface area contributed by atoms with Crippen LogP contribution in [0.4, 0.5) is 0 Å². The predicted octanol–water partition coefficient (Wildman–Crippen LogP) is 10.5. The van der Waals surface area contributed by atoms with Gasteiger partial charge in [-0.1, -0.05) is 208 Å². The molecule has 2 aliphatic rings. The van der Waals surface area contributed by atoms with Crippen molar-refractivity contribution < 1.29 is 64.6 Å². The molecule has 0 aliphatic carbocycles. The average Bonchev–Trinajstić information content (AvgIpc) is 3.44. The second-order valence-electron chi connectivity index (χ2n) is 21.1. The topological polar surface area (TPSA) is 228 Å². The van der Waals surface area contributed by atoms with Crippen molar-refractivity contribution in [3.63, 3.8) is 0 Å². The molecule has 444 valence electrons. The molecule has 1 amide bonds. The lowest BCUT2D eigenvalue weighted by Gasteiger charge is -2.46. The van der Waals surface area contributed by atoms with E-state index < -0.39 is 86.8 Å². The fourth-order valence-electron chi connectivity index (χ4n) is 9.43. The standard InChI is InChI=1S/C63H109NO13/c1-3-5-7-9-11-13-15-17-19-21-23-25-26-27-29-31-33-35-37-39-41-43-45-47-55(68)64-51(52(67)46-44-42-40-38-36-34-32-30-28-24-22-20-18-16-14-12-10-8-6-4-2)50-74-62-60(73)58(71)61(54(49-66)76-62)77-63-59(72)57(70)56(69)53(48-65)75-63/h5,7,11,13,17,19,23,25,28,30,36,38,44,46,51-54,56-63,65-67,69-73H,3-4,6,8-10,12,14-16,18,20-22,24,26-27,29,31-35,37,39-43,45,47-50H2,1-2H3,(H,64,68)/b7-5-,13-11-,19-17-,25-23-,30-28+,38-36+,46-44+. The Kier molecular flexibility index (Phi) is 43.7. The van der Waals surface area contributed by atoms with Gasteiger partial charge in [-0.2, -0.15) is 0 Å². The van der Waals surface area contributed by atoms with Crippen molar-refractivity contribution in [3.05, 3.63) is 85.1 Å². The fraction of sp³-hybridized carbons (Fsp3) is 0.762. The van der Waals surface area contributed by atoms with Crippen LogP contribution in [0.1, 0.15) is 213 Å². The Morgan fingerprint density at radius 3 is 1.43 bits per heavy atom. The molecule has 2 aliphatic heterocycles. The van der Waals surface area contributed by atoms with Gasteiger partial charge in [0.25, 0.3) is 0 Å². The lowest BCUT2D eigenvalue weighted by Crippen LogP contribution is -2.65. The van der Waals surface area contributed by atoms with E-state index in [0.29, 0.717) is 12.8 Å². The number of unbranched alkanes of at least 4 members (excludes halogenated alkanes) is 22. The number of carbonyl (C=O) groups excluding carboxylic acids is 1. The van der Waals surface area contributed by atoms with Crippen LogP contribution >= 0.6 is 0 Å². The Morgan fingerprint density at radius 2 is 0.909 bits per heavy atom. The second kappa shape index (κ2) is 47.9. The van der Waals surface area contributed by atoms with Crippen LogP contribution in [0.5, 0.6) is 0 Å². The molecule has 0 radical (unpaired) electrons. The first-order chi connectivity index (χ1) is 37.6. The van der Waals surface area contributed by atoms with Gasteiger partial charge in [-0.3, -0.25) is 4.79 Å². The molecule has 12 atom stereocenters. The van der Waals surface area contributed by atoms with E-state index in [1.165, 1.54) is 103 Å². The van der Waals surface area contributed by atoms with E-state index in [2.05, 4.69) is 92.1 Å². The number of carbonyl (C=O) groups is 1. The van der Waals surface area contributed by atoms with Crippen LogP contribution in [0.15, 0.2) is 85.1 Å². The molecule has 2 heterocycles. The Hall–Kier alpha value is -2.83. The minimum atomic E-state index is -1.80. The number of nitrogens with one attached hydrogen (secondary N) is 1. The molecular weight excluding hydrogens is 979 g/mol. The summed E-state index contributed by atoms with van der Waals surface area (Å²) < 4.78 is 22.8. The third-order valence-corrected chi connectivity index (χ3v) is 14.3. The minimum Gasteiger partial charge on any atom is -0.394 e. The molecule has 0 saturated carbocycles. The lowest BCUT2D eigenvalue weighted by molar-refractivity contribution is -0.359. The van der Waals surface area contributed by atoms with Gasteiger partial charge in [-0.05, 0) is 83.5 Å². The summed E-state index contributed by atoms with van der Waals surface area (Å²) in [5.41, 5.74) is 0. The highest BCUT2D eigenvalue weighted by molar-refractivity contribution is 5.76. The van der Waals surface area contributed by atoms with E-state index in [4.69, 9.17) is 18.9 Å². The summed E-state index contributed by atoms with van der Waals surface area (Å²) in [5, 5.41) is 87.1. The maximum Gasteiger partial charge on any atom is 0.220 e. The molecule has 0 bridgehead atoms. The van der Waals surface area contributed by atoms with Crippen molar-refractivity contribution >= 4 is 5.91 Å². The summed E-state index contributed by atoms with van der Waals surface area (Å²) >= 11 is 0. The number of rotatable bonds is 47. The van der Waals surface area contributed by atoms with Crippen LogP contribution in [-0.4, -0.2) is 140 Å². The van der Waals surface area contributed by atoms with Crippen LogP contribution in [0.25, 0.3) is 0 Å². The molecule has 2 rings (SSSR count). The Bertz CT molecular complexity index is 1610. The van der Waals surface area contributed by atoms with Crippen LogP contribution in [0.3, 0.4) is 0 Å². The van der Waals surface area contributed by atoms with Crippen LogP contribution < -0.4 is 5.32 Å². The monoisotopic (exact) mass is 1090 g/mol. The second-order valence-corrected chi connectivity index (χ2v) is 21.1. The lowest BCUT2D eigenvalue weighted by atomic mass is 9.97. The predicted molar refractivity (Wildman–Crippen MR) is 309 cm³/mol. The van der Waals surface area contributed by atoms with Gasteiger partial charge < -0.3 is 65.1 Å². The fourth-order valence-corrected chi connectivity index (χ4v) is 9.43. The van der Waals surface area contributed by atoms with E-state index in [1.807, 2.05) is 6.08 Å². The van der Waals surface area contributed by atoms with Crippen molar-refractivity contribution in [1.29, 1.82) is 0 Å². The molecule has 2 saturated heterocycles. The van der Waals surface area contributed by atoms with Crippen LogP contribution in [0, 0.1) is 0 Å². The van der Waals surface area contributed by atoms with Gasteiger partial charge in [0.1, 0.15) is 48.8 Å². The molecule has 12 unspecified atom stereocenters. The van der Waals surface area contributed by atoms with Crippen molar-refractivity contribution in [2.45, 2.75) is 286 Å². The first-order valence-corrected chi connectivity index (χ1v) is 30.3. The molecule has 0 aromatic heterocycles. The van der Waals surface area contributed by atoms with Gasteiger partial charge in [-0.25, -0.2) is 0 Å². The van der Waals surface area contributed by atoms with Crippen LogP contribution in [0.2, 0.25) is 0 Å².